The molecule has 0 aliphatic rings. The number of rotatable bonds is 3. The Morgan fingerprint density at radius 3 is 2.33 bits per heavy atom. The topological polar surface area (TPSA) is 127 Å². The van der Waals surface area contributed by atoms with Crippen molar-refractivity contribution < 1.29 is 33.9 Å². The van der Waals surface area contributed by atoms with Gasteiger partial charge in [0, 0.05) is 6.07 Å². The first kappa shape index (κ1) is 18.6. The normalized spacial score (nSPS) is 9.42. The number of carbonyl (C=O) groups is 2. The Balaban J connectivity index is 0.000000243. The van der Waals surface area contributed by atoms with Crippen molar-refractivity contribution in [3.05, 3.63) is 69.5 Å². The lowest BCUT2D eigenvalue weighted by Gasteiger charge is -1.99. The van der Waals surface area contributed by atoms with E-state index >= 15 is 0 Å². The third kappa shape index (κ3) is 4.77. The lowest BCUT2D eigenvalue weighted by Crippen LogP contribution is -2.00. The van der Waals surface area contributed by atoms with Crippen LogP contribution in [0.5, 0.6) is 5.75 Å². The second-order valence-electron chi connectivity index (χ2n) is 4.24. The number of benzene rings is 2. The van der Waals surface area contributed by atoms with Crippen LogP contribution in [-0.2, 0) is 4.74 Å². The van der Waals surface area contributed by atoms with E-state index in [0.29, 0.717) is 6.07 Å². The number of phenolic OH excluding ortho intramolecular Hbond substituents is 1. The molecule has 0 spiro atoms. The zero-order chi connectivity index (χ0) is 18.3. The van der Waals surface area contributed by atoms with Gasteiger partial charge in [0.15, 0.2) is 0 Å². The summed E-state index contributed by atoms with van der Waals surface area (Å²) < 4.78 is 17.1. The number of phenols is 1. The molecule has 2 N–H and O–H groups in total. The number of esters is 1. The van der Waals surface area contributed by atoms with Gasteiger partial charge in [-0.25, -0.2) is 9.59 Å². The van der Waals surface area contributed by atoms with Crippen LogP contribution >= 0.6 is 0 Å². The number of nitrogens with zero attached hydrogens (tertiary/aromatic N) is 1. The summed E-state index contributed by atoms with van der Waals surface area (Å²) in [4.78, 5) is 30.4. The van der Waals surface area contributed by atoms with E-state index in [2.05, 4.69) is 4.74 Å². The molecule has 0 fully saturated rings. The summed E-state index contributed by atoms with van der Waals surface area (Å²) in [5.74, 6) is -2.96. The Bertz CT molecular complexity index is 776. The van der Waals surface area contributed by atoms with E-state index < -0.39 is 28.4 Å². The number of hydrogen-bond donors (Lipinski definition) is 2. The van der Waals surface area contributed by atoms with Gasteiger partial charge in [-0.15, -0.1) is 0 Å². The van der Waals surface area contributed by atoms with Gasteiger partial charge in [-0.3, -0.25) is 10.1 Å². The molecule has 126 valence electrons. The van der Waals surface area contributed by atoms with E-state index in [1.807, 2.05) is 0 Å². The zero-order valence-corrected chi connectivity index (χ0v) is 12.3. The molecule has 0 aliphatic heterocycles. The van der Waals surface area contributed by atoms with Crippen molar-refractivity contribution in [2.24, 2.45) is 0 Å². The standard InChI is InChI=1S/C8H8O3.C7H4FNO4/c1-11-8(10)6-4-2-3-5-7(6)9;8-5-2-1-4(7(10)11)3-6(5)9(12)13/h2-5,9H,1H3;1-3H,(H,10,11). The van der Waals surface area contributed by atoms with Crippen molar-refractivity contribution in [3.63, 3.8) is 0 Å². The quantitative estimate of drug-likeness (QED) is 0.500. The highest BCUT2D eigenvalue weighted by atomic mass is 19.1. The maximum atomic E-state index is 12.6. The molecule has 0 heterocycles. The fraction of sp³-hybridized carbons (Fsp3) is 0.0667. The van der Waals surface area contributed by atoms with Crippen LogP contribution < -0.4 is 0 Å². The van der Waals surface area contributed by atoms with Gasteiger partial charge in [-0.1, -0.05) is 12.1 Å². The summed E-state index contributed by atoms with van der Waals surface area (Å²) in [6, 6.07) is 8.63. The molecule has 0 saturated heterocycles. The number of ether oxygens (including phenoxy) is 1. The highest BCUT2D eigenvalue weighted by Gasteiger charge is 2.16. The van der Waals surface area contributed by atoms with Crippen LogP contribution in [0.1, 0.15) is 20.7 Å². The minimum atomic E-state index is -1.33. The SMILES string of the molecule is COC(=O)c1ccccc1O.O=C(O)c1ccc(F)c([N+](=O)[O-])c1. The number of para-hydroxylation sites is 1. The van der Waals surface area contributed by atoms with Crippen molar-refractivity contribution in [2.45, 2.75) is 0 Å². The number of halogens is 1. The van der Waals surface area contributed by atoms with E-state index in [4.69, 9.17) is 10.2 Å². The molecule has 2 rings (SSSR count). The lowest BCUT2D eigenvalue weighted by molar-refractivity contribution is -0.387. The van der Waals surface area contributed by atoms with Gasteiger partial charge in [0.1, 0.15) is 11.3 Å². The van der Waals surface area contributed by atoms with E-state index in [9.17, 15) is 24.1 Å². The molecule has 2 aromatic carbocycles. The summed E-state index contributed by atoms with van der Waals surface area (Å²) in [6.45, 7) is 0. The van der Waals surface area contributed by atoms with Gasteiger partial charge >= 0.3 is 17.6 Å². The fourth-order valence-electron chi connectivity index (χ4n) is 1.54. The first-order valence-electron chi connectivity index (χ1n) is 6.31. The van der Waals surface area contributed by atoms with E-state index in [-0.39, 0.29) is 16.9 Å². The fourth-order valence-corrected chi connectivity index (χ4v) is 1.54. The predicted molar refractivity (Wildman–Crippen MR) is 79.5 cm³/mol. The average molecular weight is 337 g/mol. The largest absolute Gasteiger partial charge is 0.507 e. The number of methoxy groups -OCH3 is 1. The molecular formula is C15H12FNO7. The van der Waals surface area contributed by atoms with Crippen LogP contribution in [0.2, 0.25) is 0 Å². The molecule has 0 amide bonds. The van der Waals surface area contributed by atoms with Crippen LogP contribution in [-0.4, -0.2) is 34.2 Å². The predicted octanol–water partition coefficient (Wildman–Crippen LogP) is 2.61. The van der Waals surface area contributed by atoms with Crippen molar-refractivity contribution in [1.82, 2.24) is 0 Å². The number of carboxylic acid groups (broad SMARTS) is 1. The van der Waals surface area contributed by atoms with Crippen molar-refractivity contribution in [3.8, 4) is 5.75 Å². The van der Waals surface area contributed by atoms with Crippen molar-refractivity contribution in [2.75, 3.05) is 7.11 Å². The van der Waals surface area contributed by atoms with Gasteiger partial charge in [-0.2, -0.15) is 4.39 Å². The Kier molecular flexibility index (Phi) is 6.36. The number of hydrogen-bond acceptors (Lipinski definition) is 6. The Labute approximate surface area is 134 Å². The van der Waals surface area contributed by atoms with Gasteiger partial charge in [0.2, 0.25) is 5.82 Å². The highest BCUT2D eigenvalue weighted by molar-refractivity contribution is 5.92. The van der Waals surface area contributed by atoms with Crippen LogP contribution in [0, 0.1) is 15.9 Å². The number of carbonyl (C=O) groups excluding carboxylic acids is 1. The molecule has 0 saturated carbocycles. The van der Waals surface area contributed by atoms with Crippen LogP contribution in [0.25, 0.3) is 0 Å². The van der Waals surface area contributed by atoms with E-state index in [0.717, 1.165) is 12.1 Å². The number of nitro benzene ring substituents is 1. The highest BCUT2D eigenvalue weighted by Crippen LogP contribution is 2.18. The Morgan fingerprint density at radius 2 is 1.83 bits per heavy atom. The number of carboxylic acids is 1. The summed E-state index contributed by atoms with van der Waals surface area (Å²) >= 11 is 0. The molecule has 0 radical (unpaired) electrons. The van der Waals surface area contributed by atoms with Gasteiger partial charge in [-0.05, 0) is 24.3 Å². The summed E-state index contributed by atoms with van der Waals surface area (Å²) in [5, 5.41) is 27.7. The first-order valence-corrected chi connectivity index (χ1v) is 6.31. The van der Waals surface area contributed by atoms with Gasteiger partial charge in [0.05, 0.1) is 17.6 Å². The van der Waals surface area contributed by atoms with Crippen LogP contribution in [0.15, 0.2) is 42.5 Å². The minimum absolute atomic E-state index is 0.0562. The van der Waals surface area contributed by atoms with E-state index in [1.54, 1.807) is 12.1 Å². The van der Waals surface area contributed by atoms with Crippen molar-refractivity contribution >= 4 is 17.6 Å². The summed E-state index contributed by atoms with van der Waals surface area (Å²) in [7, 11) is 1.27. The third-order valence-corrected chi connectivity index (χ3v) is 2.70. The molecule has 2 aromatic rings. The smallest absolute Gasteiger partial charge is 0.341 e. The molecule has 0 atom stereocenters. The molecule has 8 nitrogen and oxygen atoms in total. The van der Waals surface area contributed by atoms with E-state index in [1.165, 1.54) is 19.2 Å². The molecule has 9 heteroatoms. The number of aromatic hydroxyl groups is 1. The van der Waals surface area contributed by atoms with Gasteiger partial charge < -0.3 is 14.9 Å². The minimum Gasteiger partial charge on any atom is -0.507 e. The molecule has 0 unspecified atom stereocenters. The maximum Gasteiger partial charge on any atom is 0.341 e. The molecule has 24 heavy (non-hydrogen) atoms. The molecule has 0 bridgehead atoms. The Hall–Kier alpha value is -3.49. The first-order chi connectivity index (χ1) is 11.3. The van der Waals surface area contributed by atoms with Crippen LogP contribution in [0.4, 0.5) is 10.1 Å². The number of aromatic carboxylic acids is 1. The Morgan fingerprint density at radius 1 is 1.21 bits per heavy atom. The van der Waals surface area contributed by atoms with Gasteiger partial charge in [0.25, 0.3) is 0 Å². The van der Waals surface area contributed by atoms with Crippen molar-refractivity contribution in [1.29, 1.82) is 0 Å². The summed E-state index contributed by atoms with van der Waals surface area (Å²) in [6.07, 6.45) is 0. The summed E-state index contributed by atoms with van der Waals surface area (Å²) in [5.41, 5.74) is -0.956. The molecule has 0 aromatic heterocycles. The average Bonchev–Trinajstić information content (AvgIpc) is 2.55. The third-order valence-electron chi connectivity index (χ3n) is 2.70. The second kappa shape index (κ2) is 8.22. The monoisotopic (exact) mass is 337 g/mol. The lowest BCUT2D eigenvalue weighted by atomic mass is 10.2. The second-order valence-corrected chi connectivity index (χ2v) is 4.24. The molecular weight excluding hydrogens is 325 g/mol. The zero-order valence-electron chi connectivity index (χ0n) is 12.3. The number of nitro groups is 1. The molecule has 0 aliphatic carbocycles. The van der Waals surface area contributed by atoms with Crippen LogP contribution in [0.3, 0.4) is 0 Å². The maximum absolute atomic E-state index is 12.6.